The fourth-order valence-corrected chi connectivity index (χ4v) is 5.06. The summed E-state index contributed by atoms with van der Waals surface area (Å²) in [5.74, 6) is 0.898. The van der Waals surface area contributed by atoms with Crippen LogP contribution >= 0.6 is 0 Å². The second-order valence-corrected chi connectivity index (χ2v) is 9.16. The minimum atomic E-state index is -0.454. The van der Waals surface area contributed by atoms with Gasteiger partial charge < -0.3 is 24.6 Å². The normalized spacial score (nSPS) is 16.6. The minimum absolute atomic E-state index is 0.0872. The van der Waals surface area contributed by atoms with Crippen molar-refractivity contribution in [3.05, 3.63) is 89.0 Å². The van der Waals surface area contributed by atoms with Crippen LogP contribution in [0.4, 0.5) is 5.69 Å². The van der Waals surface area contributed by atoms with Gasteiger partial charge in [-0.2, -0.15) is 0 Å². The Labute approximate surface area is 215 Å². The lowest BCUT2D eigenvalue weighted by atomic mass is 10.1. The molecule has 1 fully saturated rings. The molecular weight excluding hydrogens is 470 g/mol. The van der Waals surface area contributed by atoms with E-state index in [-0.39, 0.29) is 30.8 Å². The first-order valence-electron chi connectivity index (χ1n) is 12.3. The molecule has 2 heterocycles. The number of methoxy groups -OCH3 is 2. The summed E-state index contributed by atoms with van der Waals surface area (Å²) < 4.78 is 10.7. The molecule has 2 aliphatic heterocycles. The molecule has 3 amide bonds. The predicted molar refractivity (Wildman–Crippen MR) is 139 cm³/mol. The maximum atomic E-state index is 13.6. The number of carbonyl (C=O) groups is 3. The van der Waals surface area contributed by atoms with Crippen molar-refractivity contribution >= 4 is 23.4 Å². The molecule has 5 rings (SSSR count). The van der Waals surface area contributed by atoms with E-state index in [1.165, 1.54) is 0 Å². The van der Waals surface area contributed by atoms with Crippen LogP contribution in [0.5, 0.6) is 11.5 Å². The summed E-state index contributed by atoms with van der Waals surface area (Å²) in [6, 6.07) is 19.4. The molecule has 0 saturated carbocycles. The third-order valence-corrected chi connectivity index (χ3v) is 6.95. The summed E-state index contributed by atoms with van der Waals surface area (Å²) in [4.78, 5) is 43.1. The van der Waals surface area contributed by atoms with Crippen LogP contribution in [0.15, 0.2) is 66.7 Å². The van der Waals surface area contributed by atoms with Crippen molar-refractivity contribution in [1.82, 2.24) is 10.2 Å². The second kappa shape index (κ2) is 10.3. The SMILES string of the molecule is COc1ccc(OC)c(CNC(=O)c2cccc(CN3C(=O)[C@H]4CCCN4C(=O)c4ccccc43)c2)c1. The Kier molecular flexibility index (Phi) is 6.81. The van der Waals surface area contributed by atoms with Crippen molar-refractivity contribution < 1.29 is 23.9 Å². The van der Waals surface area contributed by atoms with Gasteiger partial charge in [0.25, 0.3) is 11.8 Å². The van der Waals surface area contributed by atoms with Crippen molar-refractivity contribution in [3.8, 4) is 11.5 Å². The van der Waals surface area contributed by atoms with Crippen LogP contribution in [0.2, 0.25) is 0 Å². The largest absolute Gasteiger partial charge is 0.497 e. The van der Waals surface area contributed by atoms with Crippen LogP contribution in [-0.2, 0) is 17.9 Å². The maximum Gasteiger partial charge on any atom is 0.256 e. The molecule has 0 radical (unpaired) electrons. The number of anilines is 1. The molecule has 0 aliphatic carbocycles. The summed E-state index contributed by atoms with van der Waals surface area (Å²) in [7, 11) is 3.17. The highest BCUT2D eigenvalue weighted by Gasteiger charge is 2.41. The third-order valence-electron chi connectivity index (χ3n) is 6.95. The van der Waals surface area contributed by atoms with Crippen LogP contribution in [-0.4, -0.2) is 49.4 Å². The molecule has 190 valence electrons. The number of para-hydroxylation sites is 1. The Hall–Kier alpha value is -4.33. The van der Waals surface area contributed by atoms with E-state index >= 15 is 0 Å². The molecule has 0 bridgehead atoms. The van der Waals surface area contributed by atoms with Crippen LogP contribution in [0.3, 0.4) is 0 Å². The molecule has 37 heavy (non-hydrogen) atoms. The zero-order valence-corrected chi connectivity index (χ0v) is 20.9. The van der Waals surface area contributed by atoms with Crippen LogP contribution < -0.4 is 19.7 Å². The predicted octanol–water partition coefficient (Wildman–Crippen LogP) is 3.79. The van der Waals surface area contributed by atoms with E-state index in [0.29, 0.717) is 41.3 Å². The van der Waals surface area contributed by atoms with E-state index < -0.39 is 6.04 Å². The first-order chi connectivity index (χ1) is 18.0. The van der Waals surface area contributed by atoms with Gasteiger partial charge in [0.15, 0.2) is 0 Å². The number of hydrogen-bond acceptors (Lipinski definition) is 5. The molecule has 8 nitrogen and oxygen atoms in total. The third kappa shape index (κ3) is 4.74. The van der Waals surface area contributed by atoms with Gasteiger partial charge in [-0.3, -0.25) is 14.4 Å². The van der Waals surface area contributed by atoms with E-state index in [1.807, 2.05) is 30.3 Å². The van der Waals surface area contributed by atoms with Crippen LogP contribution in [0, 0.1) is 0 Å². The van der Waals surface area contributed by atoms with Crippen LogP contribution in [0.1, 0.15) is 44.7 Å². The number of rotatable bonds is 7. The number of fused-ring (bicyclic) bond motifs is 2. The molecule has 1 saturated heterocycles. The van der Waals surface area contributed by atoms with Crippen LogP contribution in [0.25, 0.3) is 0 Å². The van der Waals surface area contributed by atoms with Crippen molar-refractivity contribution in [2.75, 3.05) is 25.7 Å². The van der Waals surface area contributed by atoms with Crippen molar-refractivity contribution in [2.24, 2.45) is 0 Å². The lowest BCUT2D eigenvalue weighted by molar-refractivity contribution is -0.122. The number of nitrogens with one attached hydrogen (secondary N) is 1. The van der Waals surface area contributed by atoms with Gasteiger partial charge in [0.1, 0.15) is 17.5 Å². The summed E-state index contributed by atoms with van der Waals surface area (Å²) in [5, 5.41) is 2.94. The summed E-state index contributed by atoms with van der Waals surface area (Å²) in [6.07, 6.45) is 1.47. The monoisotopic (exact) mass is 499 g/mol. The standard InChI is InChI=1S/C29H29N3O5/c1-36-22-12-13-26(37-2)21(16-22)17-30-27(33)20-8-5-7-19(15-20)18-32-24-10-4-3-9-23(24)28(34)31-14-6-11-25(31)29(32)35/h3-5,7-10,12-13,15-16,25H,6,11,14,17-18H2,1-2H3,(H,30,33)/t25-/m1/s1. The van der Waals surface area contributed by atoms with E-state index in [1.54, 1.807) is 60.4 Å². The van der Waals surface area contributed by atoms with E-state index in [0.717, 1.165) is 17.5 Å². The Balaban J connectivity index is 1.36. The van der Waals surface area contributed by atoms with Gasteiger partial charge in [-0.05, 0) is 60.9 Å². The molecule has 8 heteroatoms. The zero-order chi connectivity index (χ0) is 25.9. The number of nitrogens with zero attached hydrogens (tertiary/aromatic N) is 2. The number of hydrogen-bond donors (Lipinski definition) is 1. The van der Waals surface area contributed by atoms with Gasteiger partial charge in [0.2, 0.25) is 5.91 Å². The molecule has 2 aliphatic rings. The maximum absolute atomic E-state index is 13.6. The Morgan fingerprint density at radius 1 is 1.00 bits per heavy atom. The Morgan fingerprint density at radius 3 is 2.65 bits per heavy atom. The Bertz CT molecular complexity index is 1350. The quantitative estimate of drug-likeness (QED) is 0.535. The first-order valence-corrected chi connectivity index (χ1v) is 12.3. The molecule has 0 unspecified atom stereocenters. The van der Waals surface area contributed by atoms with E-state index in [4.69, 9.17) is 9.47 Å². The average molecular weight is 500 g/mol. The van der Waals surface area contributed by atoms with Gasteiger partial charge in [0.05, 0.1) is 32.0 Å². The van der Waals surface area contributed by atoms with Gasteiger partial charge in [0, 0.05) is 24.2 Å². The molecule has 1 N–H and O–H groups in total. The van der Waals surface area contributed by atoms with Gasteiger partial charge in [-0.1, -0.05) is 24.3 Å². The highest BCUT2D eigenvalue weighted by molar-refractivity contribution is 6.11. The molecular formula is C29H29N3O5. The fourth-order valence-electron chi connectivity index (χ4n) is 5.06. The van der Waals surface area contributed by atoms with Gasteiger partial charge in [-0.15, -0.1) is 0 Å². The summed E-state index contributed by atoms with van der Waals surface area (Å²) >= 11 is 0. The molecule has 3 aromatic carbocycles. The summed E-state index contributed by atoms with van der Waals surface area (Å²) in [6.45, 7) is 1.12. The van der Waals surface area contributed by atoms with Crippen molar-refractivity contribution in [1.29, 1.82) is 0 Å². The molecule has 1 atom stereocenters. The highest BCUT2D eigenvalue weighted by atomic mass is 16.5. The highest BCUT2D eigenvalue weighted by Crippen LogP contribution is 2.33. The fraction of sp³-hybridized carbons (Fsp3) is 0.276. The topological polar surface area (TPSA) is 88.2 Å². The lowest BCUT2D eigenvalue weighted by Crippen LogP contribution is -2.44. The van der Waals surface area contributed by atoms with E-state index in [2.05, 4.69) is 5.32 Å². The number of carbonyl (C=O) groups excluding carboxylic acids is 3. The Morgan fingerprint density at radius 2 is 1.84 bits per heavy atom. The molecule has 0 aromatic heterocycles. The van der Waals surface area contributed by atoms with Gasteiger partial charge in [-0.25, -0.2) is 0 Å². The zero-order valence-electron chi connectivity index (χ0n) is 20.9. The van der Waals surface area contributed by atoms with Gasteiger partial charge >= 0.3 is 0 Å². The average Bonchev–Trinajstić information content (AvgIpc) is 3.41. The molecule has 0 spiro atoms. The van der Waals surface area contributed by atoms with Crippen molar-refractivity contribution in [3.63, 3.8) is 0 Å². The smallest absolute Gasteiger partial charge is 0.256 e. The number of benzene rings is 3. The first kappa shape index (κ1) is 24.4. The number of amides is 3. The van der Waals surface area contributed by atoms with E-state index in [9.17, 15) is 14.4 Å². The minimum Gasteiger partial charge on any atom is -0.497 e. The molecule has 3 aromatic rings. The lowest BCUT2D eigenvalue weighted by Gasteiger charge is -2.26. The number of ether oxygens (including phenoxy) is 2. The second-order valence-electron chi connectivity index (χ2n) is 9.16. The van der Waals surface area contributed by atoms with Crippen molar-refractivity contribution in [2.45, 2.75) is 32.0 Å². The summed E-state index contributed by atoms with van der Waals surface area (Å²) in [5.41, 5.74) is 3.21.